The molecule has 1 fully saturated rings. The lowest BCUT2D eigenvalue weighted by atomic mass is 9.85. The van der Waals surface area contributed by atoms with Gasteiger partial charge in [-0.1, -0.05) is 6.92 Å². The van der Waals surface area contributed by atoms with Crippen LogP contribution in [-0.4, -0.2) is 43.4 Å². The molecule has 5 nitrogen and oxygen atoms in total. The molecule has 0 amide bonds. The molecule has 1 rings (SSSR count). The summed E-state index contributed by atoms with van der Waals surface area (Å²) in [4.78, 5) is 12.0. The first-order chi connectivity index (χ1) is 8.16. The van der Waals surface area contributed by atoms with Crippen LogP contribution in [0.3, 0.4) is 0 Å². The summed E-state index contributed by atoms with van der Waals surface area (Å²) < 4.78 is 24.4. The zero-order valence-electron chi connectivity index (χ0n) is 11.5. The molecule has 0 aliphatic carbocycles. The Hall–Kier alpha value is -0.460. The molecule has 2 N–H and O–H groups in total. The molecule has 18 heavy (non-hydrogen) atoms. The summed E-state index contributed by atoms with van der Waals surface area (Å²) in [7, 11) is -3.14. The van der Waals surface area contributed by atoms with Crippen molar-refractivity contribution in [3.63, 3.8) is 0 Å². The van der Waals surface area contributed by atoms with Gasteiger partial charge in [-0.05, 0) is 32.1 Å². The molecule has 0 aromatic carbocycles. The Labute approximate surface area is 110 Å². The van der Waals surface area contributed by atoms with Crippen molar-refractivity contribution in [3.05, 3.63) is 0 Å². The number of nitrogens with two attached hydrogens (primary N) is 1. The highest BCUT2D eigenvalue weighted by atomic mass is 32.2. The Morgan fingerprint density at radius 1 is 1.50 bits per heavy atom. The Morgan fingerprint density at radius 3 is 2.61 bits per heavy atom. The van der Waals surface area contributed by atoms with Crippen LogP contribution in [0.1, 0.15) is 39.5 Å². The minimum absolute atomic E-state index is 0.0327. The number of ketones is 1. The average Bonchev–Trinajstić information content (AvgIpc) is 2.28. The van der Waals surface area contributed by atoms with Crippen LogP contribution >= 0.6 is 0 Å². The topological polar surface area (TPSA) is 80.5 Å². The van der Waals surface area contributed by atoms with Crippen molar-refractivity contribution in [1.29, 1.82) is 0 Å². The van der Waals surface area contributed by atoms with Gasteiger partial charge in [-0.15, -0.1) is 0 Å². The molecule has 1 aliphatic heterocycles. The number of carbonyl (C=O) groups excluding carboxylic acids is 1. The molecule has 1 aliphatic rings. The molecule has 2 atom stereocenters. The van der Waals surface area contributed by atoms with Gasteiger partial charge in [0.05, 0.1) is 11.8 Å². The highest BCUT2D eigenvalue weighted by molar-refractivity contribution is 7.88. The first-order valence-electron chi connectivity index (χ1n) is 6.44. The summed E-state index contributed by atoms with van der Waals surface area (Å²) in [5.74, 6) is 0.140. The van der Waals surface area contributed by atoms with E-state index >= 15 is 0 Å². The fourth-order valence-electron chi connectivity index (χ4n) is 2.19. The Balaban J connectivity index is 2.61. The molecule has 2 unspecified atom stereocenters. The Kier molecular flexibility index (Phi) is 4.91. The second kappa shape index (κ2) is 5.67. The third kappa shape index (κ3) is 4.03. The second-order valence-electron chi connectivity index (χ2n) is 5.53. The number of hydrogen-bond acceptors (Lipinski definition) is 4. The van der Waals surface area contributed by atoms with Crippen molar-refractivity contribution in [3.8, 4) is 0 Å². The van der Waals surface area contributed by atoms with Crippen molar-refractivity contribution in [2.45, 2.75) is 45.1 Å². The summed E-state index contributed by atoms with van der Waals surface area (Å²) in [6.45, 7) is 4.65. The quantitative estimate of drug-likeness (QED) is 0.803. The molecule has 1 saturated heterocycles. The lowest BCUT2D eigenvalue weighted by Crippen LogP contribution is -2.47. The number of hydrogen-bond donors (Lipinski definition) is 1. The Bertz CT molecular complexity index is 404. The number of rotatable bonds is 5. The number of piperidine rings is 1. The van der Waals surface area contributed by atoms with E-state index in [0.29, 0.717) is 25.9 Å². The van der Waals surface area contributed by atoms with Gasteiger partial charge < -0.3 is 5.73 Å². The molecule has 0 bridgehead atoms. The maximum absolute atomic E-state index is 12.0. The van der Waals surface area contributed by atoms with Crippen LogP contribution in [0.15, 0.2) is 0 Å². The van der Waals surface area contributed by atoms with Crippen molar-refractivity contribution in [2.24, 2.45) is 11.7 Å². The van der Waals surface area contributed by atoms with E-state index in [0.717, 1.165) is 12.8 Å². The number of sulfonamides is 1. The molecule has 0 saturated carbocycles. The zero-order valence-corrected chi connectivity index (χ0v) is 12.3. The average molecular weight is 276 g/mol. The van der Waals surface area contributed by atoms with E-state index in [1.54, 1.807) is 6.92 Å². The first kappa shape index (κ1) is 15.6. The Morgan fingerprint density at radius 2 is 2.11 bits per heavy atom. The van der Waals surface area contributed by atoms with Gasteiger partial charge in [-0.25, -0.2) is 12.7 Å². The highest BCUT2D eigenvalue weighted by Gasteiger charge is 2.32. The number of Topliss-reactive ketones (excluding diaryl/α,β-unsaturated/α-hetero) is 1. The van der Waals surface area contributed by atoms with Gasteiger partial charge >= 0.3 is 0 Å². The van der Waals surface area contributed by atoms with Crippen LogP contribution in [0.25, 0.3) is 0 Å². The largest absolute Gasteiger partial charge is 0.319 e. The molecule has 0 aromatic heterocycles. The monoisotopic (exact) mass is 276 g/mol. The molecule has 0 radical (unpaired) electrons. The normalized spacial score (nSPS) is 25.7. The van der Waals surface area contributed by atoms with Gasteiger partial charge in [0.1, 0.15) is 0 Å². The van der Waals surface area contributed by atoms with Gasteiger partial charge in [0, 0.05) is 19.5 Å². The van der Waals surface area contributed by atoms with Gasteiger partial charge in [0.15, 0.2) is 5.78 Å². The predicted molar refractivity (Wildman–Crippen MR) is 71.6 cm³/mol. The molecular formula is C12H24N2O3S. The summed E-state index contributed by atoms with van der Waals surface area (Å²) in [6, 6.07) is 0. The molecule has 0 spiro atoms. The summed E-state index contributed by atoms with van der Waals surface area (Å²) >= 11 is 0. The lowest BCUT2D eigenvalue weighted by Gasteiger charge is -2.32. The van der Waals surface area contributed by atoms with E-state index in [-0.39, 0.29) is 11.7 Å². The van der Waals surface area contributed by atoms with E-state index in [2.05, 4.69) is 0 Å². The van der Waals surface area contributed by atoms with Crippen molar-refractivity contribution < 1.29 is 13.2 Å². The summed E-state index contributed by atoms with van der Waals surface area (Å²) in [5.41, 5.74) is 5.13. The van der Waals surface area contributed by atoms with Gasteiger partial charge in [-0.2, -0.15) is 0 Å². The van der Waals surface area contributed by atoms with E-state index in [9.17, 15) is 13.2 Å². The highest BCUT2D eigenvalue weighted by Crippen LogP contribution is 2.24. The van der Waals surface area contributed by atoms with Crippen molar-refractivity contribution >= 4 is 15.8 Å². The number of carbonyl (C=O) groups is 1. The van der Waals surface area contributed by atoms with Crippen LogP contribution in [0.5, 0.6) is 0 Å². The standard InChI is InChI=1S/C12H24N2O3S/c1-4-12(2,13)11(15)8-10-6-5-7-14(9-10)18(3,16)17/h10H,4-9,13H2,1-3H3. The second-order valence-corrected chi connectivity index (χ2v) is 7.51. The predicted octanol–water partition coefficient (Wildman–Crippen LogP) is 0.745. The smallest absolute Gasteiger partial charge is 0.211 e. The maximum atomic E-state index is 12.0. The van der Waals surface area contributed by atoms with Crippen LogP contribution in [0.4, 0.5) is 0 Å². The molecule has 0 aromatic rings. The van der Waals surface area contributed by atoms with Crippen LogP contribution in [0, 0.1) is 5.92 Å². The SMILES string of the molecule is CCC(C)(N)C(=O)CC1CCCN(S(C)(=O)=O)C1. The third-order valence-corrected chi connectivity index (χ3v) is 5.07. The molecule has 6 heteroatoms. The van der Waals surface area contributed by atoms with Crippen molar-refractivity contribution in [2.75, 3.05) is 19.3 Å². The summed E-state index contributed by atoms with van der Waals surface area (Å²) in [6.07, 6.45) is 3.92. The number of nitrogens with zero attached hydrogens (tertiary/aromatic N) is 1. The van der Waals surface area contributed by atoms with Gasteiger partial charge in [0.25, 0.3) is 0 Å². The van der Waals surface area contributed by atoms with Crippen molar-refractivity contribution in [1.82, 2.24) is 4.31 Å². The maximum Gasteiger partial charge on any atom is 0.211 e. The van der Waals surface area contributed by atoms with Gasteiger partial charge in [0.2, 0.25) is 10.0 Å². The van der Waals surface area contributed by atoms with E-state index in [1.807, 2.05) is 6.92 Å². The minimum atomic E-state index is -3.14. The van der Waals surface area contributed by atoms with Crippen LogP contribution in [-0.2, 0) is 14.8 Å². The molecule has 1 heterocycles. The van der Waals surface area contributed by atoms with E-state index < -0.39 is 15.6 Å². The van der Waals surface area contributed by atoms with Crippen LogP contribution < -0.4 is 5.73 Å². The molecular weight excluding hydrogens is 252 g/mol. The third-order valence-electron chi connectivity index (χ3n) is 3.80. The van der Waals surface area contributed by atoms with Crippen LogP contribution in [0.2, 0.25) is 0 Å². The molecule has 106 valence electrons. The fraction of sp³-hybridized carbons (Fsp3) is 0.917. The lowest BCUT2D eigenvalue weighted by molar-refractivity contribution is -0.125. The first-order valence-corrected chi connectivity index (χ1v) is 8.29. The summed E-state index contributed by atoms with van der Waals surface area (Å²) in [5, 5.41) is 0. The van der Waals surface area contributed by atoms with E-state index in [4.69, 9.17) is 5.73 Å². The zero-order chi connectivity index (χ0) is 14.0. The minimum Gasteiger partial charge on any atom is -0.319 e. The van der Waals surface area contributed by atoms with Gasteiger partial charge in [-0.3, -0.25) is 4.79 Å². The fourth-order valence-corrected chi connectivity index (χ4v) is 3.13. The van der Waals surface area contributed by atoms with E-state index in [1.165, 1.54) is 10.6 Å².